The van der Waals surface area contributed by atoms with E-state index in [1.807, 2.05) is 13.8 Å². The number of nitrogens with one attached hydrogen (secondary N) is 1. The highest BCUT2D eigenvalue weighted by Gasteiger charge is 2.32. The Kier molecular flexibility index (Phi) is 7.73. The molecular weight excluding hydrogens is 444 g/mol. The number of piperidine rings is 1. The molecule has 1 saturated heterocycles. The lowest BCUT2D eigenvalue weighted by molar-refractivity contribution is 0.102. The van der Waals surface area contributed by atoms with Crippen LogP contribution in [0.4, 0.5) is 5.69 Å². The molecular formula is C20H25ClN4O3S2. The number of amides is 1. The molecule has 0 saturated carbocycles. The van der Waals surface area contributed by atoms with Crippen molar-refractivity contribution in [3.05, 3.63) is 41.2 Å². The molecule has 162 valence electrons. The summed E-state index contributed by atoms with van der Waals surface area (Å²) < 4.78 is 27.7. The van der Waals surface area contributed by atoms with Gasteiger partial charge >= 0.3 is 0 Å². The maximum atomic E-state index is 13.1. The molecule has 3 rings (SSSR count). The van der Waals surface area contributed by atoms with Crippen LogP contribution in [0.15, 0.2) is 40.5 Å². The second kappa shape index (κ2) is 10.1. The van der Waals surface area contributed by atoms with Gasteiger partial charge in [0, 0.05) is 18.3 Å². The Morgan fingerprint density at radius 3 is 2.67 bits per heavy atom. The van der Waals surface area contributed by atoms with E-state index in [2.05, 4.69) is 15.3 Å². The normalized spacial score (nSPS) is 17.6. The van der Waals surface area contributed by atoms with Crippen molar-refractivity contribution in [2.45, 2.75) is 55.6 Å². The highest BCUT2D eigenvalue weighted by atomic mass is 35.5. The van der Waals surface area contributed by atoms with Gasteiger partial charge in [0.2, 0.25) is 10.0 Å². The lowest BCUT2D eigenvalue weighted by atomic mass is 10.0. The molecule has 1 amide bonds. The molecule has 1 fully saturated rings. The lowest BCUT2D eigenvalue weighted by Crippen LogP contribution is -2.43. The summed E-state index contributed by atoms with van der Waals surface area (Å²) in [6, 6.07) is 6.23. The summed E-state index contributed by atoms with van der Waals surface area (Å²) in [6.07, 6.45) is 5.02. The predicted octanol–water partition coefficient (Wildman–Crippen LogP) is 4.45. The minimum Gasteiger partial charge on any atom is -0.321 e. The zero-order valence-electron chi connectivity index (χ0n) is 17.0. The van der Waals surface area contributed by atoms with E-state index in [-0.39, 0.29) is 21.7 Å². The Bertz CT molecular complexity index is 1000. The van der Waals surface area contributed by atoms with Gasteiger partial charge in [-0.3, -0.25) is 4.79 Å². The molecule has 2 aromatic rings. The van der Waals surface area contributed by atoms with Gasteiger partial charge in [0.25, 0.3) is 5.91 Å². The molecule has 1 aromatic carbocycles. The van der Waals surface area contributed by atoms with Crippen LogP contribution in [0.2, 0.25) is 5.02 Å². The molecule has 7 nitrogen and oxygen atoms in total. The third kappa shape index (κ3) is 5.14. The largest absolute Gasteiger partial charge is 0.321 e. The van der Waals surface area contributed by atoms with Gasteiger partial charge in [-0.1, -0.05) is 43.6 Å². The molecule has 10 heteroatoms. The van der Waals surface area contributed by atoms with Gasteiger partial charge in [-0.25, -0.2) is 18.4 Å². The Morgan fingerprint density at radius 1 is 1.27 bits per heavy atom. The maximum absolute atomic E-state index is 13.1. The van der Waals surface area contributed by atoms with Crippen molar-refractivity contribution >= 4 is 45.0 Å². The Hall–Kier alpha value is -1.68. The van der Waals surface area contributed by atoms with Crippen molar-refractivity contribution in [2.75, 3.05) is 17.6 Å². The van der Waals surface area contributed by atoms with Crippen molar-refractivity contribution in [2.24, 2.45) is 0 Å². The fourth-order valence-corrected chi connectivity index (χ4v) is 5.93. The molecule has 1 N–H and O–H groups in total. The Morgan fingerprint density at radius 2 is 2.00 bits per heavy atom. The second-order valence-electron chi connectivity index (χ2n) is 6.93. The molecule has 0 aliphatic carbocycles. The number of rotatable bonds is 7. The van der Waals surface area contributed by atoms with Crippen LogP contribution in [0, 0.1) is 0 Å². The molecule has 0 spiro atoms. The van der Waals surface area contributed by atoms with E-state index in [0.717, 1.165) is 31.4 Å². The minimum atomic E-state index is -3.56. The van der Waals surface area contributed by atoms with Crippen LogP contribution in [-0.2, 0) is 10.0 Å². The topological polar surface area (TPSA) is 92.3 Å². The second-order valence-corrected chi connectivity index (χ2v) is 10.5. The van der Waals surface area contributed by atoms with Crippen molar-refractivity contribution in [3.8, 4) is 0 Å². The van der Waals surface area contributed by atoms with Crippen LogP contribution in [0.25, 0.3) is 0 Å². The SMILES string of the molecule is CCSc1ncc(Cl)c(C(=O)Nc2ccc(S(=O)(=O)N3CCCC[C@@H]3CC)cc2)n1. The number of carbonyl (C=O) groups excluding carboxylic acids is 1. The molecule has 1 aromatic heterocycles. The Balaban J connectivity index is 1.76. The maximum Gasteiger partial charge on any atom is 0.275 e. The van der Waals surface area contributed by atoms with Gasteiger partial charge in [0.15, 0.2) is 10.9 Å². The van der Waals surface area contributed by atoms with Gasteiger partial charge in [-0.15, -0.1) is 0 Å². The minimum absolute atomic E-state index is 0.0400. The van der Waals surface area contributed by atoms with E-state index in [1.165, 1.54) is 30.1 Å². The van der Waals surface area contributed by atoms with E-state index in [9.17, 15) is 13.2 Å². The summed E-state index contributed by atoms with van der Waals surface area (Å²) in [5, 5.41) is 3.34. The van der Waals surface area contributed by atoms with Crippen molar-refractivity contribution < 1.29 is 13.2 Å². The fourth-order valence-electron chi connectivity index (χ4n) is 3.44. The van der Waals surface area contributed by atoms with E-state index >= 15 is 0 Å². The van der Waals surface area contributed by atoms with E-state index in [0.29, 0.717) is 17.4 Å². The number of thioether (sulfide) groups is 1. The van der Waals surface area contributed by atoms with Crippen LogP contribution >= 0.6 is 23.4 Å². The summed E-state index contributed by atoms with van der Waals surface area (Å²) >= 11 is 7.49. The summed E-state index contributed by atoms with van der Waals surface area (Å²) in [6.45, 7) is 4.52. The number of hydrogen-bond acceptors (Lipinski definition) is 6. The number of benzene rings is 1. The Labute approximate surface area is 186 Å². The predicted molar refractivity (Wildman–Crippen MR) is 120 cm³/mol. The average Bonchev–Trinajstić information content (AvgIpc) is 2.75. The zero-order chi connectivity index (χ0) is 21.7. The van der Waals surface area contributed by atoms with Gasteiger partial charge < -0.3 is 5.32 Å². The lowest BCUT2D eigenvalue weighted by Gasteiger charge is -2.34. The number of aromatic nitrogens is 2. The highest BCUT2D eigenvalue weighted by Crippen LogP contribution is 2.28. The third-order valence-corrected chi connectivity index (χ3v) is 7.96. The van der Waals surface area contributed by atoms with E-state index in [4.69, 9.17) is 11.6 Å². The van der Waals surface area contributed by atoms with E-state index in [1.54, 1.807) is 16.4 Å². The summed E-state index contributed by atoms with van der Waals surface area (Å²) in [4.78, 5) is 21.1. The van der Waals surface area contributed by atoms with E-state index < -0.39 is 15.9 Å². The smallest absolute Gasteiger partial charge is 0.275 e. The average molecular weight is 469 g/mol. The summed E-state index contributed by atoms with van der Waals surface area (Å²) in [5.41, 5.74) is 0.544. The first-order valence-electron chi connectivity index (χ1n) is 9.95. The first-order chi connectivity index (χ1) is 14.4. The molecule has 0 radical (unpaired) electrons. The molecule has 0 unspecified atom stereocenters. The number of sulfonamides is 1. The molecule has 1 aliphatic heterocycles. The first kappa shape index (κ1) is 23.0. The van der Waals surface area contributed by atoms with Gasteiger partial charge in [0.05, 0.1) is 16.1 Å². The van der Waals surface area contributed by atoms with Crippen molar-refractivity contribution in [1.82, 2.24) is 14.3 Å². The van der Waals surface area contributed by atoms with Gasteiger partial charge in [-0.05, 0) is 49.3 Å². The van der Waals surface area contributed by atoms with Crippen LogP contribution in [0.3, 0.4) is 0 Å². The first-order valence-corrected chi connectivity index (χ1v) is 12.8. The quantitative estimate of drug-likeness (QED) is 0.476. The number of hydrogen-bond donors (Lipinski definition) is 1. The zero-order valence-corrected chi connectivity index (χ0v) is 19.4. The molecule has 1 aliphatic rings. The summed E-state index contributed by atoms with van der Waals surface area (Å²) in [5.74, 6) is 0.298. The monoisotopic (exact) mass is 468 g/mol. The number of anilines is 1. The van der Waals surface area contributed by atoms with Crippen LogP contribution in [0.1, 0.15) is 50.0 Å². The summed E-state index contributed by atoms with van der Waals surface area (Å²) in [7, 11) is -3.56. The van der Waals surface area contributed by atoms with Gasteiger partial charge in [-0.2, -0.15) is 4.31 Å². The standard InChI is InChI=1S/C20H25ClN4O3S2/c1-3-15-7-5-6-12-25(15)30(27,28)16-10-8-14(9-11-16)23-19(26)18-17(21)13-22-20(24-18)29-4-2/h8-11,13,15H,3-7,12H2,1-2H3,(H,23,26)/t15-/m0/s1. The molecule has 0 bridgehead atoms. The molecule has 30 heavy (non-hydrogen) atoms. The van der Waals surface area contributed by atoms with Crippen LogP contribution in [0.5, 0.6) is 0 Å². The van der Waals surface area contributed by atoms with Crippen LogP contribution in [-0.4, -0.2) is 46.9 Å². The van der Waals surface area contributed by atoms with Crippen LogP contribution < -0.4 is 5.32 Å². The van der Waals surface area contributed by atoms with Crippen molar-refractivity contribution in [1.29, 1.82) is 0 Å². The molecule has 2 heterocycles. The van der Waals surface area contributed by atoms with Gasteiger partial charge in [0.1, 0.15) is 0 Å². The number of halogens is 1. The molecule has 1 atom stereocenters. The van der Waals surface area contributed by atoms with Crippen molar-refractivity contribution in [3.63, 3.8) is 0 Å². The number of carbonyl (C=O) groups is 1. The fraction of sp³-hybridized carbons (Fsp3) is 0.450. The third-order valence-electron chi connectivity index (χ3n) is 4.97. The number of nitrogens with zero attached hydrogens (tertiary/aromatic N) is 3. The highest BCUT2D eigenvalue weighted by molar-refractivity contribution is 7.99.